The van der Waals surface area contributed by atoms with Gasteiger partial charge >= 0.3 is 0 Å². The maximum atomic E-state index is 13.0. The number of nitrogens with zero attached hydrogens (tertiary/aromatic N) is 2. The molecular formula is C20H22FN3O2S. The lowest BCUT2D eigenvalue weighted by Crippen LogP contribution is -2.34. The highest BCUT2D eigenvalue weighted by Gasteiger charge is 2.16. The van der Waals surface area contributed by atoms with Gasteiger partial charge < -0.3 is 14.6 Å². The highest BCUT2D eigenvalue weighted by molar-refractivity contribution is 7.07. The van der Waals surface area contributed by atoms with Crippen LogP contribution < -0.4 is 5.32 Å². The SMILES string of the molecule is CN(C)C(CNC(=O)CCc1ncc(-c2ccc(F)cc2)o1)c1ccsc1. The molecule has 2 aromatic heterocycles. The molecule has 0 aliphatic carbocycles. The number of oxazole rings is 1. The highest BCUT2D eigenvalue weighted by Crippen LogP contribution is 2.22. The van der Waals surface area contributed by atoms with E-state index in [1.807, 2.05) is 19.5 Å². The summed E-state index contributed by atoms with van der Waals surface area (Å²) in [5.41, 5.74) is 1.95. The van der Waals surface area contributed by atoms with E-state index in [0.717, 1.165) is 5.56 Å². The van der Waals surface area contributed by atoms with Crippen molar-refractivity contribution in [3.05, 3.63) is 64.6 Å². The lowest BCUT2D eigenvalue weighted by Gasteiger charge is -2.23. The van der Waals surface area contributed by atoms with Crippen molar-refractivity contribution in [2.75, 3.05) is 20.6 Å². The molecule has 0 fully saturated rings. The fourth-order valence-corrected chi connectivity index (χ4v) is 3.46. The maximum Gasteiger partial charge on any atom is 0.220 e. The van der Waals surface area contributed by atoms with Gasteiger partial charge in [-0.25, -0.2) is 9.37 Å². The van der Waals surface area contributed by atoms with E-state index < -0.39 is 0 Å². The number of carbonyl (C=O) groups excluding carboxylic acids is 1. The zero-order valence-corrected chi connectivity index (χ0v) is 16.1. The van der Waals surface area contributed by atoms with Crippen LogP contribution in [0.2, 0.25) is 0 Å². The lowest BCUT2D eigenvalue weighted by molar-refractivity contribution is -0.121. The molecule has 2 heterocycles. The van der Waals surface area contributed by atoms with E-state index in [9.17, 15) is 9.18 Å². The van der Waals surface area contributed by atoms with Gasteiger partial charge in [0, 0.05) is 24.9 Å². The summed E-state index contributed by atoms with van der Waals surface area (Å²) in [6.45, 7) is 0.551. The van der Waals surface area contributed by atoms with E-state index in [4.69, 9.17) is 4.42 Å². The Morgan fingerprint density at radius 2 is 2.07 bits per heavy atom. The molecule has 1 unspecified atom stereocenters. The van der Waals surface area contributed by atoms with Crippen LogP contribution in [0.3, 0.4) is 0 Å². The molecule has 0 saturated heterocycles. The zero-order valence-electron chi connectivity index (χ0n) is 15.3. The number of aromatic nitrogens is 1. The number of thiophene rings is 1. The van der Waals surface area contributed by atoms with Crippen LogP contribution in [0.1, 0.15) is 23.9 Å². The first-order chi connectivity index (χ1) is 13.0. The normalized spacial score (nSPS) is 12.3. The molecule has 142 valence electrons. The van der Waals surface area contributed by atoms with Crippen molar-refractivity contribution in [3.8, 4) is 11.3 Å². The van der Waals surface area contributed by atoms with Gasteiger partial charge in [0.25, 0.3) is 0 Å². The summed E-state index contributed by atoms with van der Waals surface area (Å²) in [6.07, 6.45) is 2.31. The Hall–Kier alpha value is -2.51. The summed E-state index contributed by atoms with van der Waals surface area (Å²) in [4.78, 5) is 18.5. The third-order valence-electron chi connectivity index (χ3n) is 4.29. The number of aryl methyl sites for hydroxylation is 1. The predicted molar refractivity (Wildman–Crippen MR) is 104 cm³/mol. The summed E-state index contributed by atoms with van der Waals surface area (Å²) in [5, 5.41) is 7.11. The zero-order chi connectivity index (χ0) is 19.2. The van der Waals surface area contributed by atoms with E-state index in [0.29, 0.717) is 31.0 Å². The molecule has 1 N–H and O–H groups in total. The number of hydrogen-bond acceptors (Lipinski definition) is 5. The summed E-state index contributed by atoms with van der Waals surface area (Å²) >= 11 is 1.65. The Bertz CT molecular complexity index is 860. The number of rotatable bonds is 8. The van der Waals surface area contributed by atoms with E-state index in [-0.39, 0.29) is 17.8 Å². The average molecular weight is 387 g/mol. The monoisotopic (exact) mass is 387 g/mol. The van der Waals surface area contributed by atoms with Gasteiger partial charge in [-0.05, 0) is 60.8 Å². The highest BCUT2D eigenvalue weighted by atomic mass is 32.1. The number of hydrogen-bond donors (Lipinski definition) is 1. The van der Waals surface area contributed by atoms with Crippen LogP contribution in [0.5, 0.6) is 0 Å². The largest absolute Gasteiger partial charge is 0.441 e. The van der Waals surface area contributed by atoms with Crippen molar-refractivity contribution in [3.63, 3.8) is 0 Å². The molecule has 27 heavy (non-hydrogen) atoms. The molecule has 3 rings (SSSR count). The van der Waals surface area contributed by atoms with E-state index in [1.165, 1.54) is 17.7 Å². The van der Waals surface area contributed by atoms with Crippen LogP contribution in [0.25, 0.3) is 11.3 Å². The molecule has 1 aromatic carbocycles. The first-order valence-electron chi connectivity index (χ1n) is 8.69. The average Bonchev–Trinajstić information content (AvgIpc) is 3.33. The van der Waals surface area contributed by atoms with E-state index in [1.54, 1.807) is 29.7 Å². The van der Waals surface area contributed by atoms with Gasteiger partial charge in [-0.15, -0.1) is 0 Å². The minimum absolute atomic E-state index is 0.0430. The van der Waals surface area contributed by atoms with Gasteiger partial charge in [0.05, 0.1) is 12.2 Å². The Kier molecular flexibility index (Phi) is 6.36. The lowest BCUT2D eigenvalue weighted by atomic mass is 10.1. The Morgan fingerprint density at radius 1 is 1.30 bits per heavy atom. The van der Waals surface area contributed by atoms with Gasteiger partial charge in [0.2, 0.25) is 5.91 Å². The van der Waals surface area contributed by atoms with Gasteiger partial charge in [-0.2, -0.15) is 11.3 Å². The van der Waals surface area contributed by atoms with Crippen molar-refractivity contribution in [2.45, 2.75) is 18.9 Å². The molecule has 0 aliphatic rings. The van der Waals surface area contributed by atoms with Crippen molar-refractivity contribution in [2.24, 2.45) is 0 Å². The summed E-state index contributed by atoms with van der Waals surface area (Å²) in [5.74, 6) is 0.717. The van der Waals surface area contributed by atoms with Crippen LogP contribution in [-0.4, -0.2) is 36.4 Å². The van der Waals surface area contributed by atoms with Crippen molar-refractivity contribution < 1.29 is 13.6 Å². The van der Waals surface area contributed by atoms with Gasteiger partial charge in [-0.1, -0.05) is 0 Å². The standard InChI is InChI=1S/C20H22FN3O2S/c1-24(2)17(15-9-10-27-13-15)11-22-19(25)7-8-20-23-12-18(26-20)14-3-5-16(21)6-4-14/h3-6,9-10,12-13,17H,7-8,11H2,1-2H3,(H,22,25). The first kappa shape index (κ1) is 19.3. The van der Waals surface area contributed by atoms with Crippen molar-refractivity contribution >= 4 is 17.2 Å². The number of benzene rings is 1. The van der Waals surface area contributed by atoms with Crippen LogP contribution in [0.4, 0.5) is 4.39 Å². The van der Waals surface area contributed by atoms with Gasteiger partial charge in [0.15, 0.2) is 11.7 Å². The Labute approximate surface area is 161 Å². The maximum absolute atomic E-state index is 13.0. The number of carbonyl (C=O) groups is 1. The molecule has 5 nitrogen and oxygen atoms in total. The Balaban J connectivity index is 1.50. The topological polar surface area (TPSA) is 58.4 Å². The molecule has 0 aliphatic heterocycles. The third-order valence-corrected chi connectivity index (χ3v) is 4.99. The molecule has 1 amide bonds. The number of amides is 1. The summed E-state index contributed by atoms with van der Waals surface area (Å²) < 4.78 is 18.7. The number of halogens is 1. The summed E-state index contributed by atoms with van der Waals surface area (Å²) in [7, 11) is 4.00. The van der Waals surface area contributed by atoms with Crippen LogP contribution >= 0.6 is 11.3 Å². The number of likely N-dealkylation sites (N-methyl/N-ethyl adjacent to an activating group) is 1. The van der Waals surface area contributed by atoms with Crippen LogP contribution in [0, 0.1) is 5.82 Å². The third kappa shape index (κ3) is 5.24. The second kappa shape index (κ2) is 8.92. The fraction of sp³-hybridized carbons (Fsp3) is 0.300. The predicted octanol–water partition coefficient (Wildman–Crippen LogP) is 3.89. The minimum Gasteiger partial charge on any atom is -0.441 e. The molecule has 0 spiro atoms. The molecule has 0 radical (unpaired) electrons. The molecule has 3 aromatic rings. The van der Waals surface area contributed by atoms with Crippen molar-refractivity contribution in [1.82, 2.24) is 15.2 Å². The molecule has 0 bridgehead atoms. The Morgan fingerprint density at radius 3 is 2.74 bits per heavy atom. The van der Waals surface area contributed by atoms with E-state index >= 15 is 0 Å². The minimum atomic E-state index is -0.298. The van der Waals surface area contributed by atoms with Gasteiger partial charge in [0.1, 0.15) is 5.82 Å². The summed E-state index contributed by atoms with van der Waals surface area (Å²) in [6, 6.07) is 8.24. The molecule has 1 atom stereocenters. The molecular weight excluding hydrogens is 365 g/mol. The second-order valence-corrected chi connectivity index (χ2v) is 7.25. The number of nitrogens with one attached hydrogen (secondary N) is 1. The van der Waals surface area contributed by atoms with Crippen LogP contribution in [0.15, 0.2) is 51.7 Å². The molecule has 7 heteroatoms. The van der Waals surface area contributed by atoms with Gasteiger partial charge in [-0.3, -0.25) is 4.79 Å². The van der Waals surface area contributed by atoms with Crippen LogP contribution in [-0.2, 0) is 11.2 Å². The quantitative estimate of drug-likeness (QED) is 0.637. The second-order valence-electron chi connectivity index (χ2n) is 6.47. The smallest absolute Gasteiger partial charge is 0.220 e. The van der Waals surface area contributed by atoms with Crippen molar-refractivity contribution in [1.29, 1.82) is 0 Å². The fourth-order valence-electron chi connectivity index (χ4n) is 2.76. The first-order valence-corrected chi connectivity index (χ1v) is 9.63. The molecule has 0 saturated carbocycles. The van der Waals surface area contributed by atoms with E-state index in [2.05, 4.69) is 26.6 Å².